The van der Waals surface area contributed by atoms with E-state index in [1.807, 2.05) is 12.3 Å². The number of amides is 1. The molecule has 6 nitrogen and oxygen atoms in total. The molecule has 1 aliphatic rings. The van der Waals surface area contributed by atoms with Gasteiger partial charge < -0.3 is 14.4 Å². The lowest BCUT2D eigenvalue weighted by atomic mass is 9.97. The summed E-state index contributed by atoms with van der Waals surface area (Å²) < 4.78 is 5.29. The summed E-state index contributed by atoms with van der Waals surface area (Å²) in [5, 5.41) is 12.1. The molecule has 3 heterocycles. The van der Waals surface area contributed by atoms with Crippen LogP contribution in [0.1, 0.15) is 51.1 Å². The van der Waals surface area contributed by atoms with E-state index >= 15 is 0 Å². The van der Waals surface area contributed by atoms with E-state index in [4.69, 9.17) is 9.52 Å². The van der Waals surface area contributed by atoms with Crippen LogP contribution in [0, 0.1) is 13.8 Å². The van der Waals surface area contributed by atoms with Gasteiger partial charge in [-0.25, -0.2) is 4.98 Å². The normalized spacial score (nSPS) is 17.9. The summed E-state index contributed by atoms with van der Waals surface area (Å²) in [6.45, 7) is 5.03. The van der Waals surface area contributed by atoms with Crippen molar-refractivity contribution < 1.29 is 19.1 Å². The summed E-state index contributed by atoms with van der Waals surface area (Å²) in [6.07, 6.45) is 3.11. The number of hydrogen-bond acceptors (Lipinski definition) is 5. The van der Waals surface area contributed by atoms with Gasteiger partial charge in [0.25, 0.3) is 5.91 Å². The Balaban J connectivity index is 1.80. The van der Waals surface area contributed by atoms with Crippen LogP contribution in [0.4, 0.5) is 0 Å². The van der Waals surface area contributed by atoms with Crippen LogP contribution in [0.25, 0.3) is 0 Å². The molecule has 1 fully saturated rings. The van der Waals surface area contributed by atoms with E-state index < -0.39 is 5.97 Å². The average molecular weight is 348 g/mol. The van der Waals surface area contributed by atoms with Crippen molar-refractivity contribution in [1.82, 2.24) is 9.88 Å². The third-order valence-electron chi connectivity index (χ3n) is 4.27. The molecule has 1 amide bonds. The van der Waals surface area contributed by atoms with Gasteiger partial charge in [0.2, 0.25) is 0 Å². The van der Waals surface area contributed by atoms with Gasteiger partial charge in [-0.05, 0) is 26.7 Å². The van der Waals surface area contributed by atoms with Crippen molar-refractivity contribution in [3.8, 4) is 0 Å². The Morgan fingerprint density at radius 3 is 2.92 bits per heavy atom. The van der Waals surface area contributed by atoms with Crippen LogP contribution in [0.5, 0.6) is 0 Å². The zero-order valence-electron chi connectivity index (χ0n) is 13.7. The third kappa shape index (κ3) is 3.36. The number of nitrogens with zero attached hydrogens (tertiary/aromatic N) is 2. The minimum atomic E-state index is -1.01. The number of rotatable bonds is 4. The van der Waals surface area contributed by atoms with E-state index in [1.54, 1.807) is 23.2 Å². The van der Waals surface area contributed by atoms with Crippen molar-refractivity contribution >= 4 is 23.2 Å². The van der Waals surface area contributed by atoms with Crippen LogP contribution < -0.4 is 0 Å². The second-order valence-electron chi connectivity index (χ2n) is 6.20. The zero-order chi connectivity index (χ0) is 17.3. The first-order valence-electron chi connectivity index (χ1n) is 7.95. The SMILES string of the molecule is Cc1csc(C2CCCN(C(=O)c3c(C)coc3CC(=O)O)C2)n1. The van der Waals surface area contributed by atoms with Crippen LogP contribution >= 0.6 is 11.3 Å². The average Bonchev–Trinajstić information content (AvgIpc) is 3.13. The second-order valence-corrected chi connectivity index (χ2v) is 7.09. The third-order valence-corrected chi connectivity index (χ3v) is 5.40. The van der Waals surface area contributed by atoms with E-state index in [1.165, 1.54) is 6.26 Å². The van der Waals surface area contributed by atoms with Gasteiger partial charge >= 0.3 is 5.97 Å². The maximum Gasteiger partial charge on any atom is 0.311 e. The largest absolute Gasteiger partial charge is 0.481 e. The molecule has 24 heavy (non-hydrogen) atoms. The quantitative estimate of drug-likeness (QED) is 0.918. The number of thiazole rings is 1. The van der Waals surface area contributed by atoms with Gasteiger partial charge in [-0.3, -0.25) is 9.59 Å². The molecule has 2 aromatic rings. The number of aryl methyl sites for hydroxylation is 2. The van der Waals surface area contributed by atoms with E-state index in [-0.39, 0.29) is 24.0 Å². The fraction of sp³-hybridized carbons (Fsp3) is 0.471. The zero-order valence-corrected chi connectivity index (χ0v) is 14.6. The van der Waals surface area contributed by atoms with Gasteiger partial charge in [-0.1, -0.05) is 0 Å². The van der Waals surface area contributed by atoms with Gasteiger partial charge in [0, 0.05) is 35.6 Å². The molecule has 0 aromatic carbocycles. The predicted octanol–water partition coefficient (Wildman–Crippen LogP) is 3.00. The molecule has 0 bridgehead atoms. The molecule has 0 spiro atoms. The molecule has 0 saturated carbocycles. The highest BCUT2D eigenvalue weighted by Gasteiger charge is 2.30. The fourth-order valence-electron chi connectivity index (χ4n) is 3.13. The summed E-state index contributed by atoms with van der Waals surface area (Å²) in [4.78, 5) is 30.2. The summed E-state index contributed by atoms with van der Waals surface area (Å²) in [5.41, 5.74) is 2.09. The highest BCUT2D eigenvalue weighted by atomic mass is 32.1. The fourth-order valence-corrected chi connectivity index (χ4v) is 4.06. The number of aromatic nitrogens is 1. The number of hydrogen-bond donors (Lipinski definition) is 1. The summed E-state index contributed by atoms with van der Waals surface area (Å²) in [7, 11) is 0. The van der Waals surface area contributed by atoms with Gasteiger partial charge in [0.1, 0.15) is 12.2 Å². The lowest BCUT2D eigenvalue weighted by Crippen LogP contribution is -2.39. The number of piperidine rings is 1. The number of furan rings is 1. The number of likely N-dealkylation sites (tertiary alicyclic amines) is 1. The van der Waals surface area contributed by atoms with Crippen molar-refractivity contribution in [3.05, 3.63) is 39.2 Å². The van der Waals surface area contributed by atoms with Gasteiger partial charge in [0.15, 0.2) is 0 Å². The topological polar surface area (TPSA) is 83.6 Å². The van der Waals surface area contributed by atoms with Gasteiger partial charge in [-0.15, -0.1) is 11.3 Å². The highest BCUT2D eigenvalue weighted by molar-refractivity contribution is 7.09. The summed E-state index contributed by atoms with van der Waals surface area (Å²) in [6, 6.07) is 0. The minimum absolute atomic E-state index is 0.143. The number of carboxylic acids is 1. The number of carbonyl (C=O) groups is 2. The minimum Gasteiger partial charge on any atom is -0.481 e. The molecule has 1 saturated heterocycles. The van der Waals surface area contributed by atoms with Crippen LogP contribution in [0.2, 0.25) is 0 Å². The Kier molecular flexibility index (Phi) is 4.71. The van der Waals surface area contributed by atoms with Gasteiger partial charge in [-0.2, -0.15) is 0 Å². The molecule has 1 atom stereocenters. The van der Waals surface area contributed by atoms with Crippen LogP contribution in [-0.4, -0.2) is 40.0 Å². The molecular formula is C17H20N2O4S. The lowest BCUT2D eigenvalue weighted by molar-refractivity contribution is -0.136. The molecule has 7 heteroatoms. The number of aliphatic carboxylic acids is 1. The number of carboxylic acid groups (broad SMARTS) is 1. The molecule has 1 aliphatic heterocycles. The molecule has 0 radical (unpaired) electrons. The van der Waals surface area contributed by atoms with Crippen molar-refractivity contribution in [2.75, 3.05) is 13.1 Å². The molecule has 1 N–H and O–H groups in total. The number of carbonyl (C=O) groups excluding carboxylic acids is 1. The lowest BCUT2D eigenvalue weighted by Gasteiger charge is -2.32. The molecular weight excluding hydrogens is 328 g/mol. The first-order valence-corrected chi connectivity index (χ1v) is 8.83. The maximum atomic E-state index is 12.9. The Bertz CT molecular complexity index is 764. The van der Waals surface area contributed by atoms with Crippen molar-refractivity contribution in [3.63, 3.8) is 0 Å². The van der Waals surface area contributed by atoms with E-state index in [9.17, 15) is 9.59 Å². The predicted molar refractivity (Wildman–Crippen MR) is 89.5 cm³/mol. The van der Waals surface area contributed by atoms with Gasteiger partial charge in [0.05, 0.1) is 16.8 Å². The van der Waals surface area contributed by atoms with E-state index in [0.717, 1.165) is 23.5 Å². The smallest absolute Gasteiger partial charge is 0.311 e. The molecule has 3 rings (SSSR count). The van der Waals surface area contributed by atoms with Crippen LogP contribution in [-0.2, 0) is 11.2 Å². The van der Waals surface area contributed by atoms with Crippen molar-refractivity contribution in [1.29, 1.82) is 0 Å². The van der Waals surface area contributed by atoms with Crippen molar-refractivity contribution in [2.24, 2.45) is 0 Å². The van der Waals surface area contributed by atoms with Crippen LogP contribution in [0.15, 0.2) is 16.1 Å². The Labute approximate surface area is 144 Å². The maximum absolute atomic E-state index is 12.9. The van der Waals surface area contributed by atoms with Crippen LogP contribution in [0.3, 0.4) is 0 Å². The highest BCUT2D eigenvalue weighted by Crippen LogP contribution is 2.31. The summed E-state index contributed by atoms with van der Waals surface area (Å²) >= 11 is 1.64. The standard InChI is InChI=1S/C17H20N2O4S/c1-10-8-23-13(6-14(20)21)15(10)17(22)19-5-3-4-12(7-19)16-18-11(2)9-24-16/h8-9,12H,3-7H2,1-2H3,(H,20,21). The van der Waals surface area contributed by atoms with E-state index in [2.05, 4.69) is 4.98 Å². The molecule has 0 aliphatic carbocycles. The molecule has 2 aromatic heterocycles. The Morgan fingerprint density at radius 2 is 2.25 bits per heavy atom. The Morgan fingerprint density at radius 1 is 1.46 bits per heavy atom. The first-order chi connectivity index (χ1) is 11.5. The molecule has 1 unspecified atom stereocenters. The monoisotopic (exact) mass is 348 g/mol. The summed E-state index contributed by atoms with van der Waals surface area (Å²) in [5.74, 6) is -0.669. The first kappa shape index (κ1) is 16.7. The Hall–Kier alpha value is -2.15. The van der Waals surface area contributed by atoms with Crippen molar-refractivity contribution in [2.45, 2.75) is 39.0 Å². The molecule has 128 valence electrons. The second kappa shape index (κ2) is 6.76. The van der Waals surface area contributed by atoms with E-state index in [0.29, 0.717) is 24.2 Å².